The number of nitrogens with zero attached hydrogens (tertiary/aromatic N) is 3. The molecule has 3 fully saturated rings. The highest BCUT2D eigenvalue weighted by Crippen LogP contribution is 2.33. The Balaban J connectivity index is 1.16. The maximum Gasteiger partial charge on any atom is 0.227 e. The van der Waals surface area contributed by atoms with Gasteiger partial charge in [-0.25, -0.2) is 0 Å². The van der Waals surface area contributed by atoms with E-state index in [1.165, 1.54) is 16.3 Å². The quantitative estimate of drug-likeness (QED) is 0.785. The third-order valence-corrected chi connectivity index (χ3v) is 6.97. The molecule has 2 amide bonds. The summed E-state index contributed by atoms with van der Waals surface area (Å²) in [5.74, 6) is 0.781. The molecule has 0 aromatic heterocycles. The Labute approximate surface area is 178 Å². The first-order valence-electron chi connectivity index (χ1n) is 11.5. The normalized spacial score (nSPS) is 23.0. The van der Waals surface area contributed by atoms with Gasteiger partial charge in [0.25, 0.3) is 0 Å². The van der Waals surface area contributed by atoms with Gasteiger partial charge in [-0.05, 0) is 42.0 Å². The molecule has 30 heavy (non-hydrogen) atoms. The smallest absolute Gasteiger partial charge is 0.227 e. The molecule has 5 nitrogen and oxygen atoms in total. The van der Waals surface area contributed by atoms with Crippen molar-refractivity contribution in [1.82, 2.24) is 14.7 Å². The molecule has 0 bridgehead atoms. The van der Waals surface area contributed by atoms with E-state index in [0.717, 1.165) is 65.0 Å². The molecule has 3 aliphatic rings. The van der Waals surface area contributed by atoms with Crippen LogP contribution < -0.4 is 0 Å². The number of rotatable bonds is 4. The van der Waals surface area contributed by atoms with Gasteiger partial charge in [0.2, 0.25) is 11.8 Å². The summed E-state index contributed by atoms with van der Waals surface area (Å²) < 4.78 is 0. The standard InChI is InChI=1S/C25H31N3O2/c29-24(20-10-11-20)28-12-4-8-22(18-28)25(30)27-15-13-26(14-16-27)17-21-7-3-6-19-5-1-2-9-23(19)21/h1-3,5-7,9,20,22H,4,8,10-18H2. The summed E-state index contributed by atoms with van der Waals surface area (Å²) in [5.41, 5.74) is 1.36. The molecule has 2 heterocycles. The molecule has 1 saturated carbocycles. The van der Waals surface area contributed by atoms with Gasteiger partial charge in [0.1, 0.15) is 0 Å². The van der Waals surface area contributed by atoms with Crippen molar-refractivity contribution < 1.29 is 9.59 Å². The minimum absolute atomic E-state index is 0.00827. The number of benzene rings is 2. The maximum absolute atomic E-state index is 13.1. The van der Waals surface area contributed by atoms with Crippen LogP contribution in [0.2, 0.25) is 0 Å². The molecule has 0 radical (unpaired) electrons. The van der Waals surface area contributed by atoms with Gasteiger partial charge in [0.15, 0.2) is 0 Å². The molecule has 5 rings (SSSR count). The van der Waals surface area contributed by atoms with Gasteiger partial charge < -0.3 is 9.80 Å². The second-order valence-electron chi connectivity index (χ2n) is 9.14. The number of carbonyl (C=O) groups excluding carboxylic acids is 2. The van der Waals surface area contributed by atoms with E-state index in [1.807, 2.05) is 9.80 Å². The van der Waals surface area contributed by atoms with E-state index in [2.05, 4.69) is 47.4 Å². The first kappa shape index (κ1) is 19.6. The molecule has 1 unspecified atom stereocenters. The van der Waals surface area contributed by atoms with Crippen molar-refractivity contribution in [1.29, 1.82) is 0 Å². The predicted molar refractivity (Wildman–Crippen MR) is 118 cm³/mol. The number of fused-ring (bicyclic) bond motifs is 1. The van der Waals surface area contributed by atoms with Crippen LogP contribution in [0.25, 0.3) is 10.8 Å². The number of amides is 2. The highest BCUT2D eigenvalue weighted by molar-refractivity contribution is 5.85. The van der Waals surface area contributed by atoms with Gasteiger partial charge in [0, 0.05) is 51.7 Å². The topological polar surface area (TPSA) is 43.9 Å². The predicted octanol–water partition coefficient (Wildman–Crippen LogP) is 3.13. The summed E-state index contributed by atoms with van der Waals surface area (Å²) in [6.07, 6.45) is 3.94. The first-order valence-corrected chi connectivity index (χ1v) is 11.5. The van der Waals surface area contributed by atoms with Gasteiger partial charge in [-0.2, -0.15) is 0 Å². The van der Waals surface area contributed by atoms with Crippen molar-refractivity contribution in [2.45, 2.75) is 32.2 Å². The highest BCUT2D eigenvalue weighted by Gasteiger charge is 2.38. The van der Waals surface area contributed by atoms with Crippen molar-refractivity contribution in [2.75, 3.05) is 39.3 Å². The first-order chi connectivity index (χ1) is 14.7. The zero-order valence-corrected chi connectivity index (χ0v) is 17.6. The summed E-state index contributed by atoms with van der Waals surface area (Å²) in [7, 11) is 0. The Morgan fingerprint density at radius 3 is 2.30 bits per heavy atom. The van der Waals surface area contributed by atoms with Crippen LogP contribution >= 0.6 is 0 Å². The third-order valence-electron chi connectivity index (χ3n) is 6.97. The molecule has 2 aromatic carbocycles. The van der Waals surface area contributed by atoms with E-state index in [1.54, 1.807) is 0 Å². The Morgan fingerprint density at radius 2 is 1.50 bits per heavy atom. The van der Waals surface area contributed by atoms with E-state index >= 15 is 0 Å². The Bertz CT molecular complexity index is 926. The summed E-state index contributed by atoms with van der Waals surface area (Å²) in [5, 5.41) is 2.60. The molecular formula is C25H31N3O2. The number of piperazine rings is 1. The molecule has 1 atom stereocenters. The van der Waals surface area contributed by atoms with Crippen LogP contribution in [0.1, 0.15) is 31.2 Å². The van der Waals surface area contributed by atoms with Gasteiger partial charge in [-0.3, -0.25) is 14.5 Å². The van der Waals surface area contributed by atoms with Crippen LogP contribution in [0.15, 0.2) is 42.5 Å². The van der Waals surface area contributed by atoms with Crippen LogP contribution in [0.4, 0.5) is 0 Å². The Morgan fingerprint density at radius 1 is 0.767 bits per heavy atom. The zero-order chi connectivity index (χ0) is 20.5. The van der Waals surface area contributed by atoms with E-state index in [9.17, 15) is 9.59 Å². The lowest BCUT2D eigenvalue weighted by molar-refractivity contribution is -0.142. The monoisotopic (exact) mass is 405 g/mol. The molecule has 1 aliphatic carbocycles. The molecule has 0 spiro atoms. The number of piperidine rings is 1. The fourth-order valence-corrected chi connectivity index (χ4v) is 5.02. The molecule has 5 heteroatoms. The largest absolute Gasteiger partial charge is 0.342 e. The van der Waals surface area contributed by atoms with Crippen LogP contribution in [0.5, 0.6) is 0 Å². The number of likely N-dealkylation sites (tertiary alicyclic amines) is 1. The minimum Gasteiger partial charge on any atom is -0.342 e. The Kier molecular flexibility index (Phi) is 5.47. The number of hydrogen-bond donors (Lipinski definition) is 0. The van der Waals surface area contributed by atoms with Gasteiger partial charge in [0.05, 0.1) is 5.92 Å². The molecule has 2 saturated heterocycles. The lowest BCUT2D eigenvalue weighted by Crippen LogP contribution is -2.53. The van der Waals surface area contributed by atoms with Gasteiger partial charge in [-0.1, -0.05) is 42.5 Å². The van der Waals surface area contributed by atoms with Crippen molar-refractivity contribution in [3.63, 3.8) is 0 Å². The minimum atomic E-state index is -0.00827. The average Bonchev–Trinajstić information content (AvgIpc) is 3.65. The van der Waals surface area contributed by atoms with Crippen LogP contribution in [0, 0.1) is 11.8 Å². The highest BCUT2D eigenvalue weighted by atomic mass is 16.2. The number of hydrogen-bond acceptors (Lipinski definition) is 3. The lowest BCUT2D eigenvalue weighted by Gasteiger charge is -2.39. The van der Waals surface area contributed by atoms with Crippen molar-refractivity contribution in [3.05, 3.63) is 48.0 Å². The summed E-state index contributed by atoms with van der Waals surface area (Å²) in [6.45, 7) is 5.78. The van der Waals surface area contributed by atoms with Crippen molar-refractivity contribution in [2.24, 2.45) is 11.8 Å². The molecule has 2 aliphatic heterocycles. The number of carbonyl (C=O) groups is 2. The third kappa shape index (κ3) is 4.08. The summed E-state index contributed by atoms with van der Waals surface area (Å²) in [6, 6.07) is 15.1. The van der Waals surface area contributed by atoms with Gasteiger partial charge in [-0.15, -0.1) is 0 Å². The maximum atomic E-state index is 13.1. The zero-order valence-electron chi connectivity index (χ0n) is 17.6. The van der Waals surface area contributed by atoms with Gasteiger partial charge >= 0.3 is 0 Å². The van der Waals surface area contributed by atoms with Crippen LogP contribution in [0.3, 0.4) is 0 Å². The fourth-order valence-electron chi connectivity index (χ4n) is 5.02. The van der Waals surface area contributed by atoms with Crippen molar-refractivity contribution in [3.8, 4) is 0 Å². The molecule has 0 N–H and O–H groups in total. The summed E-state index contributed by atoms with van der Waals surface area (Å²) >= 11 is 0. The average molecular weight is 406 g/mol. The molecular weight excluding hydrogens is 374 g/mol. The van der Waals surface area contributed by atoms with Crippen molar-refractivity contribution >= 4 is 22.6 Å². The second kappa shape index (κ2) is 8.38. The van der Waals surface area contributed by atoms with E-state index < -0.39 is 0 Å². The van der Waals surface area contributed by atoms with E-state index in [-0.39, 0.29) is 23.7 Å². The second-order valence-corrected chi connectivity index (χ2v) is 9.14. The fraction of sp³-hybridized carbons (Fsp3) is 0.520. The molecule has 158 valence electrons. The SMILES string of the molecule is O=C(C1CCCN(C(=O)C2CC2)C1)N1CCN(Cc2cccc3ccccc23)CC1. The van der Waals surface area contributed by atoms with Crippen LogP contribution in [-0.2, 0) is 16.1 Å². The van der Waals surface area contributed by atoms with E-state index in [0.29, 0.717) is 6.54 Å². The molecule has 2 aromatic rings. The summed E-state index contributed by atoms with van der Waals surface area (Å²) in [4.78, 5) is 32.0. The van der Waals surface area contributed by atoms with Crippen LogP contribution in [-0.4, -0.2) is 65.8 Å². The lowest BCUT2D eigenvalue weighted by atomic mass is 9.95. The Hall–Kier alpha value is -2.40. The van der Waals surface area contributed by atoms with E-state index in [4.69, 9.17) is 0 Å².